The van der Waals surface area contributed by atoms with Gasteiger partial charge in [0.05, 0.1) is 6.54 Å². The van der Waals surface area contributed by atoms with E-state index in [-0.39, 0.29) is 24.2 Å². The first-order chi connectivity index (χ1) is 11.9. The molecule has 1 aliphatic heterocycles. The molecule has 2 N–H and O–H groups in total. The van der Waals surface area contributed by atoms with E-state index in [1.54, 1.807) is 19.1 Å². The predicted molar refractivity (Wildman–Crippen MR) is 91.9 cm³/mol. The lowest BCUT2D eigenvalue weighted by Gasteiger charge is -2.23. The summed E-state index contributed by atoms with van der Waals surface area (Å²) in [6.45, 7) is 2.02. The van der Waals surface area contributed by atoms with Gasteiger partial charge in [0, 0.05) is 19.7 Å². The van der Waals surface area contributed by atoms with E-state index < -0.39 is 11.9 Å². The third-order valence-electron chi connectivity index (χ3n) is 4.16. The van der Waals surface area contributed by atoms with Crippen LogP contribution in [0, 0.1) is 5.82 Å². The minimum atomic E-state index is -0.473. The molecule has 1 aromatic carbocycles. The Morgan fingerprint density at radius 3 is 2.80 bits per heavy atom. The van der Waals surface area contributed by atoms with Crippen LogP contribution >= 0.6 is 0 Å². The van der Waals surface area contributed by atoms with E-state index in [0.29, 0.717) is 24.1 Å². The van der Waals surface area contributed by atoms with E-state index in [0.717, 1.165) is 6.42 Å². The topological polar surface area (TPSA) is 78.5 Å². The highest BCUT2D eigenvalue weighted by molar-refractivity contribution is 5.97. The van der Waals surface area contributed by atoms with Crippen LogP contribution in [-0.4, -0.2) is 48.8 Å². The molecule has 7 heteroatoms. The molecule has 2 rings (SSSR count). The molecule has 1 aromatic rings. The van der Waals surface area contributed by atoms with Crippen molar-refractivity contribution in [3.63, 3.8) is 0 Å². The van der Waals surface area contributed by atoms with Gasteiger partial charge in [-0.1, -0.05) is 12.1 Å². The van der Waals surface area contributed by atoms with Gasteiger partial charge in [0.1, 0.15) is 11.9 Å². The Morgan fingerprint density at radius 1 is 1.36 bits per heavy atom. The van der Waals surface area contributed by atoms with Gasteiger partial charge in [-0.3, -0.25) is 14.4 Å². The Labute approximate surface area is 146 Å². The molecule has 134 valence electrons. The summed E-state index contributed by atoms with van der Waals surface area (Å²) in [6, 6.07) is 5.46. The monoisotopic (exact) mass is 347 g/mol. The van der Waals surface area contributed by atoms with E-state index in [2.05, 4.69) is 10.6 Å². The first-order valence-electron chi connectivity index (χ1n) is 8.15. The van der Waals surface area contributed by atoms with Gasteiger partial charge in [-0.15, -0.1) is 0 Å². The molecule has 1 heterocycles. The quantitative estimate of drug-likeness (QED) is 0.783. The Bertz CT molecular complexity index is 703. The van der Waals surface area contributed by atoms with Gasteiger partial charge in [-0.2, -0.15) is 0 Å². The number of amides is 3. The maximum atomic E-state index is 13.2. The molecule has 0 bridgehead atoms. The number of hydrogen-bond acceptors (Lipinski definition) is 3. The van der Waals surface area contributed by atoms with Crippen LogP contribution in [0.5, 0.6) is 0 Å². The maximum absolute atomic E-state index is 13.2. The fourth-order valence-electron chi connectivity index (χ4n) is 2.83. The first-order valence-corrected chi connectivity index (χ1v) is 8.15. The van der Waals surface area contributed by atoms with Crippen LogP contribution in [0.3, 0.4) is 0 Å². The zero-order chi connectivity index (χ0) is 18.4. The largest absolute Gasteiger partial charge is 0.357 e. The lowest BCUT2D eigenvalue weighted by atomic mass is 10.1. The number of likely N-dealkylation sites (N-methyl/N-ethyl adjacent to an activating group) is 1. The van der Waals surface area contributed by atoms with E-state index >= 15 is 0 Å². The number of benzene rings is 1. The molecule has 1 aliphatic rings. The number of hydrogen-bond donors (Lipinski definition) is 2. The van der Waals surface area contributed by atoms with Gasteiger partial charge in [-0.05, 0) is 43.0 Å². The Hall–Kier alpha value is -2.70. The summed E-state index contributed by atoms with van der Waals surface area (Å²) in [5.41, 5.74) is 1.19. The molecule has 25 heavy (non-hydrogen) atoms. The van der Waals surface area contributed by atoms with Crippen molar-refractivity contribution in [2.24, 2.45) is 0 Å². The molecule has 0 spiro atoms. The summed E-state index contributed by atoms with van der Waals surface area (Å²) in [5.74, 6) is -1.31. The minimum Gasteiger partial charge on any atom is -0.357 e. The highest BCUT2D eigenvalue weighted by Crippen LogP contribution is 2.17. The van der Waals surface area contributed by atoms with Crippen LogP contribution in [0.25, 0.3) is 5.57 Å². The molecular weight excluding hydrogens is 325 g/mol. The Balaban J connectivity index is 1.92. The number of allylic oxidation sites excluding steroid dienone is 1. The number of nitrogens with one attached hydrogen (secondary N) is 2. The normalized spacial score (nSPS) is 17.3. The molecule has 0 unspecified atom stereocenters. The molecule has 0 radical (unpaired) electrons. The summed E-state index contributed by atoms with van der Waals surface area (Å²) >= 11 is 0. The van der Waals surface area contributed by atoms with Crippen molar-refractivity contribution in [3.05, 3.63) is 41.7 Å². The second-order valence-electron chi connectivity index (χ2n) is 5.91. The van der Waals surface area contributed by atoms with Crippen LogP contribution in [0.4, 0.5) is 4.39 Å². The van der Waals surface area contributed by atoms with Crippen molar-refractivity contribution in [1.29, 1.82) is 0 Å². The van der Waals surface area contributed by atoms with Crippen molar-refractivity contribution in [1.82, 2.24) is 15.5 Å². The van der Waals surface area contributed by atoms with Crippen LogP contribution in [0.1, 0.15) is 25.3 Å². The van der Waals surface area contributed by atoms with Gasteiger partial charge in [0.2, 0.25) is 17.7 Å². The summed E-state index contributed by atoms with van der Waals surface area (Å²) in [7, 11) is 1.53. The van der Waals surface area contributed by atoms with Crippen LogP contribution in [0.2, 0.25) is 0 Å². The van der Waals surface area contributed by atoms with E-state index in [1.165, 1.54) is 30.2 Å². The van der Waals surface area contributed by atoms with Crippen molar-refractivity contribution < 1.29 is 18.8 Å². The van der Waals surface area contributed by atoms with Crippen LogP contribution in [-0.2, 0) is 14.4 Å². The first kappa shape index (κ1) is 18.6. The zero-order valence-electron chi connectivity index (χ0n) is 14.3. The molecular formula is C18H22FN3O3. The van der Waals surface area contributed by atoms with Crippen LogP contribution in [0.15, 0.2) is 30.3 Å². The van der Waals surface area contributed by atoms with Gasteiger partial charge < -0.3 is 15.5 Å². The summed E-state index contributed by atoms with van der Waals surface area (Å²) < 4.78 is 13.2. The fourth-order valence-corrected chi connectivity index (χ4v) is 2.83. The second kappa shape index (κ2) is 8.41. The third kappa shape index (κ3) is 4.89. The smallest absolute Gasteiger partial charge is 0.244 e. The molecule has 0 aromatic heterocycles. The molecule has 1 fully saturated rings. The number of halogens is 1. The van der Waals surface area contributed by atoms with Crippen LogP contribution < -0.4 is 10.6 Å². The standard InChI is InChI=1S/C18H22FN3O3/c1-12(13-5-3-6-14(19)10-13)9-16(23)21-11-17(24)22-8-4-7-15(22)18(25)20-2/h3,5-6,9-10,15H,4,7-8,11H2,1-2H3,(H,20,25)(H,21,23)/b12-9-/t15-/m0/s1. The van der Waals surface area contributed by atoms with Crippen molar-refractivity contribution >= 4 is 23.3 Å². The average molecular weight is 347 g/mol. The molecule has 3 amide bonds. The van der Waals surface area contributed by atoms with Crippen molar-refractivity contribution in [3.8, 4) is 0 Å². The van der Waals surface area contributed by atoms with Gasteiger partial charge >= 0.3 is 0 Å². The lowest BCUT2D eigenvalue weighted by molar-refractivity contribution is -0.138. The summed E-state index contributed by atoms with van der Waals surface area (Å²) in [4.78, 5) is 37.5. The average Bonchev–Trinajstić information content (AvgIpc) is 3.08. The third-order valence-corrected chi connectivity index (χ3v) is 4.16. The number of likely N-dealkylation sites (tertiary alicyclic amines) is 1. The summed E-state index contributed by atoms with van der Waals surface area (Å²) in [5, 5.41) is 5.07. The van der Waals surface area contributed by atoms with Gasteiger partial charge in [-0.25, -0.2) is 4.39 Å². The highest BCUT2D eigenvalue weighted by Gasteiger charge is 2.33. The lowest BCUT2D eigenvalue weighted by Crippen LogP contribution is -2.48. The zero-order valence-corrected chi connectivity index (χ0v) is 14.3. The number of carbonyl (C=O) groups is 3. The highest BCUT2D eigenvalue weighted by atomic mass is 19.1. The maximum Gasteiger partial charge on any atom is 0.244 e. The molecule has 1 atom stereocenters. The van der Waals surface area contributed by atoms with Crippen molar-refractivity contribution in [2.75, 3.05) is 20.1 Å². The second-order valence-corrected chi connectivity index (χ2v) is 5.91. The number of rotatable bonds is 5. The number of nitrogens with zero attached hydrogens (tertiary/aromatic N) is 1. The minimum absolute atomic E-state index is 0.181. The number of carbonyl (C=O) groups excluding carboxylic acids is 3. The van der Waals surface area contributed by atoms with Crippen molar-refractivity contribution in [2.45, 2.75) is 25.8 Å². The SMILES string of the molecule is CNC(=O)[C@@H]1CCCN1C(=O)CNC(=O)/C=C(/C)c1cccc(F)c1. The fraction of sp³-hybridized carbons (Fsp3) is 0.389. The summed E-state index contributed by atoms with van der Waals surface area (Å²) in [6.07, 6.45) is 2.70. The van der Waals surface area contributed by atoms with Gasteiger partial charge in [0.25, 0.3) is 0 Å². The molecule has 6 nitrogen and oxygen atoms in total. The molecule has 0 aliphatic carbocycles. The van der Waals surface area contributed by atoms with E-state index in [1.807, 2.05) is 0 Å². The Kier molecular flexibility index (Phi) is 6.27. The predicted octanol–water partition coefficient (Wildman–Crippen LogP) is 1.08. The van der Waals surface area contributed by atoms with E-state index in [9.17, 15) is 18.8 Å². The molecule has 0 saturated carbocycles. The molecule has 1 saturated heterocycles. The Morgan fingerprint density at radius 2 is 2.12 bits per heavy atom. The van der Waals surface area contributed by atoms with E-state index in [4.69, 9.17) is 0 Å². The van der Waals surface area contributed by atoms with Gasteiger partial charge in [0.15, 0.2) is 0 Å².